The molecule has 8 heteroatoms. The zero-order valence-corrected chi connectivity index (χ0v) is 20.0. The molecule has 8 nitrogen and oxygen atoms in total. The molecule has 0 N–H and O–H groups in total. The van der Waals surface area contributed by atoms with Crippen LogP contribution in [0.4, 0.5) is 0 Å². The fourth-order valence-electron chi connectivity index (χ4n) is 5.43. The van der Waals surface area contributed by atoms with Gasteiger partial charge in [-0.1, -0.05) is 12.1 Å². The molecule has 0 spiro atoms. The third-order valence-corrected chi connectivity index (χ3v) is 7.31. The van der Waals surface area contributed by atoms with Crippen LogP contribution >= 0.6 is 0 Å². The van der Waals surface area contributed by atoms with E-state index in [1.165, 1.54) is 0 Å². The summed E-state index contributed by atoms with van der Waals surface area (Å²) in [7, 11) is 1.61. The third kappa shape index (κ3) is 4.92. The summed E-state index contributed by atoms with van der Waals surface area (Å²) in [6.45, 7) is 2.20. The van der Waals surface area contributed by atoms with Gasteiger partial charge in [-0.3, -0.25) is 14.2 Å². The lowest BCUT2D eigenvalue weighted by atomic mass is 9.83. The van der Waals surface area contributed by atoms with Gasteiger partial charge in [-0.05, 0) is 74.4 Å². The zero-order chi connectivity index (χ0) is 24.2. The second-order valence-corrected chi connectivity index (χ2v) is 9.34. The van der Waals surface area contributed by atoms with E-state index >= 15 is 0 Å². The molecule has 2 fully saturated rings. The number of nitrogens with zero attached hydrogens (tertiary/aromatic N) is 5. The molecule has 0 aliphatic carbocycles. The molecule has 0 saturated carbocycles. The van der Waals surface area contributed by atoms with E-state index in [9.17, 15) is 9.59 Å². The van der Waals surface area contributed by atoms with Gasteiger partial charge in [0.1, 0.15) is 18.4 Å². The van der Waals surface area contributed by atoms with Crippen LogP contribution in [0.2, 0.25) is 0 Å². The summed E-state index contributed by atoms with van der Waals surface area (Å²) < 4.78 is 7.08. The number of carbonyl (C=O) groups excluding carboxylic acids is 2. The van der Waals surface area contributed by atoms with E-state index in [0.717, 1.165) is 44.3 Å². The minimum atomic E-state index is 0.0460. The maximum atomic E-state index is 13.6. The van der Waals surface area contributed by atoms with Gasteiger partial charge in [-0.2, -0.15) is 0 Å². The molecule has 182 valence electrons. The van der Waals surface area contributed by atoms with Crippen LogP contribution in [0, 0.1) is 5.92 Å². The number of hydrogen-bond donors (Lipinski definition) is 0. The van der Waals surface area contributed by atoms with E-state index in [1.54, 1.807) is 30.4 Å². The lowest BCUT2D eigenvalue weighted by molar-refractivity contribution is 0.0374. The van der Waals surface area contributed by atoms with Crippen LogP contribution in [0.25, 0.3) is 5.69 Å². The van der Waals surface area contributed by atoms with Gasteiger partial charge in [0, 0.05) is 42.5 Å². The summed E-state index contributed by atoms with van der Waals surface area (Å²) in [5, 5.41) is 7.73. The van der Waals surface area contributed by atoms with Gasteiger partial charge < -0.3 is 14.5 Å². The molecule has 0 radical (unpaired) electrons. The third-order valence-electron chi connectivity index (χ3n) is 7.31. The van der Waals surface area contributed by atoms with Crippen LogP contribution in [0.1, 0.15) is 52.8 Å². The van der Waals surface area contributed by atoms with Gasteiger partial charge in [0.05, 0.1) is 7.11 Å². The summed E-state index contributed by atoms with van der Waals surface area (Å²) in [6.07, 6.45) is 8.27. The number of likely N-dealkylation sites (tertiary alicyclic amines) is 2. The molecular formula is C27H31N5O3. The molecule has 2 aliphatic rings. The maximum absolute atomic E-state index is 13.6. The fourth-order valence-corrected chi connectivity index (χ4v) is 5.43. The average molecular weight is 474 g/mol. The molecule has 1 atom stereocenters. The Balaban J connectivity index is 1.26. The van der Waals surface area contributed by atoms with Gasteiger partial charge in [0.25, 0.3) is 11.8 Å². The van der Waals surface area contributed by atoms with E-state index in [0.29, 0.717) is 35.9 Å². The highest BCUT2D eigenvalue weighted by Gasteiger charge is 2.36. The first kappa shape index (κ1) is 23.1. The molecule has 1 aromatic heterocycles. The Kier molecular flexibility index (Phi) is 6.79. The summed E-state index contributed by atoms with van der Waals surface area (Å²) >= 11 is 0. The molecular weight excluding hydrogens is 442 g/mol. The van der Waals surface area contributed by atoms with Crippen LogP contribution in [-0.2, 0) is 0 Å². The van der Waals surface area contributed by atoms with Crippen molar-refractivity contribution in [2.45, 2.75) is 38.1 Å². The van der Waals surface area contributed by atoms with Crippen molar-refractivity contribution in [1.82, 2.24) is 24.6 Å². The standard InChI is InChI=1S/C27H31N5O3/c1-35-24-9-5-7-22(17-24)26(33)30-14-11-20(12-15-30)25-10-2-3-13-32(25)27(34)21-6-4-8-23(16-21)31-18-28-29-19-31/h4-9,16-20,25H,2-3,10-15H2,1H3/t25-/m0/s1. The van der Waals surface area contributed by atoms with Crippen molar-refractivity contribution in [1.29, 1.82) is 0 Å². The minimum absolute atomic E-state index is 0.0460. The molecule has 5 rings (SSSR count). The number of rotatable bonds is 5. The first-order valence-electron chi connectivity index (χ1n) is 12.3. The number of amides is 2. The van der Waals surface area contributed by atoms with Crippen molar-refractivity contribution in [3.8, 4) is 11.4 Å². The zero-order valence-electron chi connectivity index (χ0n) is 20.0. The number of benzene rings is 2. The predicted molar refractivity (Wildman–Crippen MR) is 132 cm³/mol. The smallest absolute Gasteiger partial charge is 0.254 e. The van der Waals surface area contributed by atoms with Crippen molar-refractivity contribution >= 4 is 11.8 Å². The molecule has 2 aliphatic heterocycles. The topological polar surface area (TPSA) is 80.6 Å². The van der Waals surface area contributed by atoms with Gasteiger partial charge in [-0.15, -0.1) is 10.2 Å². The lowest BCUT2D eigenvalue weighted by Gasteiger charge is -2.43. The van der Waals surface area contributed by atoms with Gasteiger partial charge in [0.2, 0.25) is 0 Å². The highest BCUT2D eigenvalue weighted by molar-refractivity contribution is 5.95. The molecule has 3 heterocycles. The monoisotopic (exact) mass is 473 g/mol. The molecule has 35 heavy (non-hydrogen) atoms. The minimum Gasteiger partial charge on any atom is -0.497 e. The number of ether oxygens (including phenoxy) is 1. The Morgan fingerprint density at radius 2 is 1.57 bits per heavy atom. The van der Waals surface area contributed by atoms with Crippen molar-refractivity contribution in [3.63, 3.8) is 0 Å². The van der Waals surface area contributed by atoms with Gasteiger partial charge in [-0.25, -0.2) is 0 Å². The largest absolute Gasteiger partial charge is 0.497 e. The summed E-state index contributed by atoms with van der Waals surface area (Å²) in [5.41, 5.74) is 2.22. The number of methoxy groups -OCH3 is 1. The SMILES string of the molecule is COc1cccc(C(=O)N2CCC([C@@H]3CCCCN3C(=O)c3cccc(-n4cnnc4)c3)CC2)c1. The van der Waals surface area contributed by atoms with Crippen molar-refractivity contribution in [3.05, 3.63) is 72.3 Å². The molecule has 0 bridgehead atoms. The van der Waals surface area contributed by atoms with E-state index in [2.05, 4.69) is 15.1 Å². The number of aromatic nitrogens is 3. The van der Waals surface area contributed by atoms with Crippen molar-refractivity contribution in [2.24, 2.45) is 5.92 Å². The van der Waals surface area contributed by atoms with Crippen molar-refractivity contribution in [2.75, 3.05) is 26.7 Å². The fraction of sp³-hybridized carbons (Fsp3) is 0.407. The first-order valence-corrected chi connectivity index (χ1v) is 12.3. The van der Waals surface area contributed by atoms with E-state index in [1.807, 2.05) is 47.4 Å². The summed E-state index contributed by atoms with van der Waals surface area (Å²) in [6, 6.07) is 15.2. The Morgan fingerprint density at radius 3 is 2.31 bits per heavy atom. The Bertz CT molecular complexity index is 1170. The molecule has 3 aromatic rings. The quantitative estimate of drug-likeness (QED) is 0.563. The number of piperidine rings is 2. The van der Waals surface area contributed by atoms with Gasteiger partial charge >= 0.3 is 0 Å². The van der Waals surface area contributed by atoms with Crippen LogP contribution in [0.15, 0.2) is 61.2 Å². The lowest BCUT2D eigenvalue weighted by Crippen LogP contribution is -2.51. The normalized spacial score (nSPS) is 18.9. The summed E-state index contributed by atoms with van der Waals surface area (Å²) in [4.78, 5) is 30.7. The van der Waals surface area contributed by atoms with Crippen LogP contribution < -0.4 is 4.74 Å². The number of carbonyl (C=O) groups is 2. The van der Waals surface area contributed by atoms with E-state index in [-0.39, 0.29) is 17.9 Å². The second kappa shape index (κ2) is 10.3. The van der Waals surface area contributed by atoms with Gasteiger partial charge in [0.15, 0.2) is 0 Å². The highest BCUT2D eigenvalue weighted by Crippen LogP contribution is 2.32. The van der Waals surface area contributed by atoms with Crippen LogP contribution in [0.3, 0.4) is 0 Å². The van der Waals surface area contributed by atoms with E-state index < -0.39 is 0 Å². The molecule has 0 unspecified atom stereocenters. The Morgan fingerprint density at radius 1 is 0.857 bits per heavy atom. The predicted octanol–water partition coefficient (Wildman–Crippen LogP) is 3.82. The Labute approximate surface area is 205 Å². The van der Waals surface area contributed by atoms with Crippen molar-refractivity contribution < 1.29 is 14.3 Å². The maximum Gasteiger partial charge on any atom is 0.254 e. The first-order chi connectivity index (χ1) is 17.1. The van der Waals surface area contributed by atoms with Crippen LogP contribution in [-0.4, -0.2) is 69.2 Å². The second-order valence-electron chi connectivity index (χ2n) is 9.34. The Hall–Kier alpha value is -3.68. The molecule has 2 aromatic carbocycles. The number of hydrogen-bond acceptors (Lipinski definition) is 5. The highest BCUT2D eigenvalue weighted by atomic mass is 16.5. The van der Waals surface area contributed by atoms with Crippen LogP contribution in [0.5, 0.6) is 5.75 Å². The van der Waals surface area contributed by atoms with E-state index in [4.69, 9.17) is 4.74 Å². The summed E-state index contributed by atoms with van der Waals surface area (Å²) in [5.74, 6) is 1.22. The average Bonchev–Trinajstić information content (AvgIpc) is 3.48. The molecule has 2 amide bonds. The molecule has 2 saturated heterocycles.